The van der Waals surface area contributed by atoms with Gasteiger partial charge in [0.25, 0.3) is 5.69 Å². The van der Waals surface area contributed by atoms with Crippen molar-refractivity contribution in [2.24, 2.45) is 0 Å². The van der Waals surface area contributed by atoms with Crippen LogP contribution in [-0.2, 0) is 5.88 Å². The van der Waals surface area contributed by atoms with Gasteiger partial charge in [0, 0.05) is 11.6 Å². The van der Waals surface area contributed by atoms with Crippen LogP contribution in [0.25, 0.3) is 0 Å². The van der Waals surface area contributed by atoms with E-state index in [1.807, 2.05) is 6.07 Å². The average Bonchev–Trinajstić information content (AvgIpc) is 2.16. The summed E-state index contributed by atoms with van der Waals surface area (Å²) in [6.45, 7) is 0. The average molecular weight is 197 g/mol. The van der Waals surface area contributed by atoms with Crippen molar-refractivity contribution >= 4 is 17.3 Å². The Kier molecular flexibility index (Phi) is 2.83. The Morgan fingerprint density at radius 2 is 2.31 bits per heavy atom. The molecular formula is C8H5ClN2O2. The summed E-state index contributed by atoms with van der Waals surface area (Å²) >= 11 is 5.48. The molecule has 4 nitrogen and oxygen atoms in total. The quantitative estimate of drug-likeness (QED) is 0.414. The van der Waals surface area contributed by atoms with Crippen LogP contribution < -0.4 is 0 Å². The van der Waals surface area contributed by atoms with Crippen LogP contribution in [0.5, 0.6) is 0 Å². The molecule has 0 spiro atoms. The third-order valence-corrected chi connectivity index (χ3v) is 1.84. The summed E-state index contributed by atoms with van der Waals surface area (Å²) < 4.78 is 0. The van der Waals surface area contributed by atoms with Gasteiger partial charge in [0.15, 0.2) is 0 Å². The molecule has 1 rings (SSSR count). The Bertz CT molecular complexity index is 384. The van der Waals surface area contributed by atoms with Crippen LogP contribution in [0, 0.1) is 21.4 Å². The maximum Gasteiger partial charge on any atom is 0.275 e. The fraction of sp³-hybridized carbons (Fsp3) is 0.125. The minimum Gasteiger partial charge on any atom is -0.258 e. The molecule has 0 saturated heterocycles. The zero-order chi connectivity index (χ0) is 9.84. The number of hydrogen-bond donors (Lipinski definition) is 0. The predicted octanol–water partition coefficient (Wildman–Crippen LogP) is 2.21. The molecule has 0 radical (unpaired) electrons. The topological polar surface area (TPSA) is 66.9 Å². The Morgan fingerprint density at radius 1 is 1.62 bits per heavy atom. The zero-order valence-corrected chi connectivity index (χ0v) is 7.28. The number of hydrogen-bond acceptors (Lipinski definition) is 3. The van der Waals surface area contributed by atoms with E-state index in [0.717, 1.165) is 0 Å². The number of nitro groups is 1. The molecule has 0 unspecified atom stereocenters. The van der Waals surface area contributed by atoms with Crippen LogP contribution >= 0.6 is 11.6 Å². The van der Waals surface area contributed by atoms with Gasteiger partial charge in [-0.3, -0.25) is 10.1 Å². The maximum absolute atomic E-state index is 10.5. The lowest BCUT2D eigenvalue weighted by Gasteiger charge is -1.97. The molecule has 0 aliphatic carbocycles. The monoisotopic (exact) mass is 196 g/mol. The second-order valence-corrected chi connectivity index (χ2v) is 2.61. The molecule has 5 heteroatoms. The smallest absolute Gasteiger partial charge is 0.258 e. The lowest BCUT2D eigenvalue weighted by atomic mass is 10.1. The number of rotatable bonds is 2. The fourth-order valence-corrected chi connectivity index (χ4v) is 1.14. The van der Waals surface area contributed by atoms with Crippen molar-refractivity contribution < 1.29 is 4.92 Å². The maximum atomic E-state index is 10.5. The third-order valence-electron chi connectivity index (χ3n) is 1.56. The molecular weight excluding hydrogens is 192 g/mol. The fourth-order valence-electron chi connectivity index (χ4n) is 0.916. The summed E-state index contributed by atoms with van der Waals surface area (Å²) in [6, 6.07) is 6.04. The van der Waals surface area contributed by atoms with Crippen molar-refractivity contribution in [1.82, 2.24) is 0 Å². The first-order valence-corrected chi connectivity index (χ1v) is 3.96. The summed E-state index contributed by atoms with van der Waals surface area (Å²) in [7, 11) is 0. The third kappa shape index (κ3) is 1.95. The van der Waals surface area contributed by atoms with Crippen molar-refractivity contribution in [3.8, 4) is 6.07 Å². The first kappa shape index (κ1) is 9.49. The van der Waals surface area contributed by atoms with Gasteiger partial charge < -0.3 is 0 Å². The summed E-state index contributed by atoms with van der Waals surface area (Å²) in [5.41, 5.74) is 0.584. The largest absolute Gasteiger partial charge is 0.275 e. The van der Waals surface area contributed by atoms with Crippen LogP contribution in [0.4, 0.5) is 5.69 Å². The SMILES string of the molecule is N#Cc1ccc(CCl)c([N+](=O)[O-])c1. The van der Waals surface area contributed by atoms with E-state index in [-0.39, 0.29) is 17.1 Å². The van der Waals surface area contributed by atoms with Crippen molar-refractivity contribution in [3.63, 3.8) is 0 Å². The molecule has 0 aromatic heterocycles. The lowest BCUT2D eigenvalue weighted by Crippen LogP contribution is -1.94. The Morgan fingerprint density at radius 3 is 2.77 bits per heavy atom. The van der Waals surface area contributed by atoms with E-state index in [4.69, 9.17) is 16.9 Å². The molecule has 0 saturated carbocycles. The van der Waals surface area contributed by atoms with Gasteiger partial charge in [-0.1, -0.05) is 0 Å². The van der Waals surface area contributed by atoms with Crippen LogP contribution in [0.2, 0.25) is 0 Å². The number of nitrogens with zero attached hydrogens (tertiary/aromatic N) is 2. The second kappa shape index (κ2) is 3.87. The van der Waals surface area contributed by atoms with E-state index in [9.17, 15) is 10.1 Å². The van der Waals surface area contributed by atoms with Gasteiger partial charge in [-0.15, -0.1) is 11.6 Å². The minimum atomic E-state index is -0.543. The van der Waals surface area contributed by atoms with Crippen LogP contribution in [0.3, 0.4) is 0 Å². The molecule has 13 heavy (non-hydrogen) atoms. The Hall–Kier alpha value is -1.60. The molecule has 0 heterocycles. The van der Waals surface area contributed by atoms with E-state index in [2.05, 4.69) is 0 Å². The van der Waals surface area contributed by atoms with E-state index >= 15 is 0 Å². The van der Waals surface area contributed by atoms with E-state index < -0.39 is 4.92 Å². The van der Waals surface area contributed by atoms with Gasteiger partial charge in [0.1, 0.15) is 0 Å². The van der Waals surface area contributed by atoms with Crippen LogP contribution in [0.1, 0.15) is 11.1 Å². The van der Waals surface area contributed by atoms with E-state index in [1.54, 1.807) is 0 Å². The molecule has 0 aliphatic rings. The highest BCUT2D eigenvalue weighted by atomic mass is 35.5. The predicted molar refractivity (Wildman–Crippen MR) is 47.4 cm³/mol. The normalized spacial score (nSPS) is 9.23. The molecule has 1 aromatic rings. The number of halogens is 1. The second-order valence-electron chi connectivity index (χ2n) is 2.35. The number of nitro benzene ring substituents is 1. The molecule has 0 fully saturated rings. The highest BCUT2D eigenvalue weighted by Crippen LogP contribution is 2.21. The molecule has 0 aliphatic heterocycles. The molecule has 0 atom stereocenters. The minimum absolute atomic E-state index is 0.0715. The lowest BCUT2D eigenvalue weighted by molar-refractivity contribution is -0.385. The van der Waals surface area contributed by atoms with Crippen molar-refractivity contribution in [3.05, 3.63) is 39.4 Å². The molecule has 66 valence electrons. The van der Waals surface area contributed by atoms with Gasteiger partial charge in [-0.05, 0) is 12.1 Å². The van der Waals surface area contributed by atoms with Gasteiger partial charge in [-0.25, -0.2) is 0 Å². The highest BCUT2D eigenvalue weighted by molar-refractivity contribution is 6.17. The van der Waals surface area contributed by atoms with Crippen molar-refractivity contribution in [1.29, 1.82) is 5.26 Å². The summed E-state index contributed by atoms with van der Waals surface area (Å²) in [5.74, 6) is 0.0715. The Labute approximate surface area is 79.5 Å². The first-order chi connectivity index (χ1) is 6.19. The molecule has 0 amide bonds. The van der Waals surface area contributed by atoms with Gasteiger partial charge >= 0.3 is 0 Å². The molecule has 0 bridgehead atoms. The summed E-state index contributed by atoms with van der Waals surface area (Å²) in [6.07, 6.45) is 0. The van der Waals surface area contributed by atoms with Crippen LogP contribution in [-0.4, -0.2) is 4.92 Å². The van der Waals surface area contributed by atoms with E-state index in [0.29, 0.717) is 5.56 Å². The van der Waals surface area contributed by atoms with Gasteiger partial charge in [-0.2, -0.15) is 5.26 Å². The number of nitriles is 1. The zero-order valence-electron chi connectivity index (χ0n) is 6.53. The number of alkyl halides is 1. The van der Waals surface area contributed by atoms with Gasteiger partial charge in [0.2, 0.25) is 0 Å². The summed E-state index contributed by atoms with van der Waals surface area (Å²) in [5, 5.41) is 19.0. The van der Waals surface area contributed by atoms with Crippen LogP contribution in [0.15, 0.2) is 18.2 Å². The van der Waals surface area contributed by atoms with Crippen molar-refractivity contribution in [2.45, 2.75) is 5.88 Å². The first-order valence-electron chi connectivity index (χ1n) is 3.42. The van der Waals surface area contributed by atoms with Crippen molar-refractivity contribution in [2.75, 3.05) is 0 Å². The Balaban J connectivity index is 3.28. The standard InChI is InChI=1S/C8H5ClN2O2/c9-4-7-2-1-6(5-10)3-8(7)11(12)13/h1-3H,4H2. The number of benzene rings is 1. The van der Waals surface area contributed by atoms with E-state index in [1.165, 1.54) is 18.2 Å². The molecule has 0 N–H and O–H groups in total. The molecule has 1 aromatic carbocycles. The highest BCUT2D eigenvalue weighted by Gasteiger charge is 2.12. The summed E-state index contributed by atoms with van der Waals surface area (Å²) in [4.78, 5) is 9.94. The van der Waals surface area contributed by atoms with Gasteiger partial charge in [0.05, 0.1) is 22.4 Å².